The molecule has 0 atom stereocenters. The lowest BCUT2D eigenvalue weighted by Crippen LogP contribution is -2.33. The zero-order valence-corrected chi connectivity index (χ0v) is 47.2. The summed E-state index contributed by atoms with van der Waals surface area (Å²) in [6.07, 6.45) is 4.07. The fourth-order valence-electron chi connectivity index (χ4n) is 12.3. The number of para-hydroxylation sites is 4. The number of hydrogen-bond acceptors (Lipinski definition) is 4. The summed E-state index contributed by atoms with van der Waals surface area (Å²) in [6.45, 7) is 11.8. The lowest BCUT2D eigenvalue weighted by atomic mass is 9.63. The summed E-state index contributed by atoms with van der Waals surface area (Å²) < 4.78 is 88.8. The average molecular weight is 1050 g/mol. The van der Waals surface area contributed by atoms with Crippen molar-refractivity contribution in [1.29, 1.82) is 0 Å². The van der Waals surface area contributed by atoms with Crippen LogP contribution in [0, 0.1) is 0 Å². The molecule has 0 bridgehead atoms. The Labute approximate surface area is 482 Å². The molecule has 0 radical (unpaired) electrons. The summed E-state index contributed by atoms with van der Waals surface area (Å²) in [4.78, 5) is 9.69. The maximum absolute atomic E-state index is 8.85. The normalized spacial score (nSPS) is 17.3. The summed E-state index contributed by atoms with van der Waals surface area (Å²) in [7, 11) is 0. The van der Waals surface area contributed by atoms with Crippen LogP contribution in [0.25, 0.3) is 61.0 Å². The fraction of sp³-hybridized carbons (Fsp3) is 0.284. The number of anilines is 4. The third-order valence-corrected chi connectivity index (χ3v) is 16.8. The second-order valence-electron chi connectivity index (χ2n) is 25.4. The lowest BCUT2D eigenvalue weighted by molar-refractivity contribution is 0.332. The quantitative estimate of drug-likeness (QED) is 0.152. The standard InChI is InChI=1S/C74H76N4O/c1-70(2,3)51-39-50(40-52(42-51)71(4,5)6)57-29-22-28-56(49-33-36-61-63(41-49)74(12,13)38-37-73(61,10)11)69(57)77-47-76(65-31-19-20-32-66(65)77)53-25-21-26-54(43-53)79-55-34-35-59-58-27-17-18-30-64(58)78(67(59)44-55)68-45-62(72(7,8)9)60(46-75-68)48-23-15-14-16-24-48/h14-36,39-46H,37-38,47H2,1-13H3/i1D3,2D3,3D3. The van der Waals surface area contributed by atoms with Crippen molar-refractivity contribution in [3.8, 4) is 50.7 Å². The topological polar surface area (TPSA) is 33.5 Å². The van der Waals surface area contributed by atoms with E-state index in [1.54, 1.807) is 0 Å². The van der Waals surface area contributed by atoms with Crippen LogP contribution in [0.15, 0.2) is 188 Å². The van der Waals surface area contributed by atoms with Crippen molar-refractivity contribution >= 4 is 44.6 Å². The molecule has 79 heavy (non-hydrogen) atoms. The molecule has 0 N–H and O–H groups in total. The summed E-state index contributed by atoms with van der Waals surface area (Å²) in [5, 5.41) is 2.18. The molecule has 0 fully saturated rings. The lowest BCUT2D eigenvalue weighted by Gasteiger charge is -2.42. The third kappa shape index (κ3) is 9.39. The highest BCUT2D eigenvalue weighted by Crippen LogP contribution is 2.53. The van der Waals surface area contributed by atoms with Gasteiger partial charge in [-0.3, -0.25) is 4.57 Å². The molecule has 0 spiro atoms. The number of aromatic nitrogens is 2. The predicted octanol–water partition coefficient (Wildman–Crippen LogP) is 20.5. The molecule has 3 heterocycles. The van der Waals surface area contributed by atoms with E-state index in [2.05, 4.69) is 178 Å². The highest BCUT2D eigenvalue weighted by atomic mass is 16.5. The molecule has 0 saturated carbocycles. The minimum atomic E-state index is -3.46. The SMILES string of the molecule is [2H]C([2H])([2H])C(c1cc(-c2cccc(-c3ccc4c(c3)C(C)(C)CCC4(C)C)c2N2CN(c3cccc(Oc4ccc5c6ccccc6n(-c6cc(C(C)(C)C)c(-c7ccccc7)cn6)c5c4)c3)c3ccccc32)cc(C(C)(C)C)c1)(C([2H])([2H])[2H])C([2H])([2H])[2H]. The Bertz CT molecular complexity index is 4310. The zero-order chi connectivity index (χ0) is 62.9. The van der Waals surface area contributed by atoms with Gasteiger partial charge < -0.3 is 14.5 Å². The molecular formula is C74H76N4O. The number of pyridine rings is 1. The molecule has 0 unspecified atom stereocenters. The van der Waals surface area contributed by atoms with Crippen molar-refractivity contribution in [1.82, 2.24) is 9.55 Å². The monoisotopic (exact) mass is 1050 g/mol. The van der Waals surface area contributed by atoms with E-state index in [1.165, 1.54) is 28.8 Å². The van der Waals surface area contributed by atoms with Gasteiger partial charge in [0.1, 0.15) is 24.0 Å². The minimum absolute atomic E-state index is 0.0398. The van der Waals surface area contributed by atoms with Gasteiger partial charge in [0.25, 0.3) is 0 Å². The van der Waals surface area contributed by atoms with E-state index in [1.807, 2.05) is 81.6 Å². The van der Waals surface area contributed by atoms with Gasteiger partial charge in [-0.1, -0.05) is 211 Å². The van der Waals surface area contributed by atoms with E-state index in [-0.39, 0.29) is 21.8 Å². The van der Waals surface area contributed by atoms with Gasteiger partial charge in [-0.2, -0.15) is 0 Å². The second kappa shape index (κ2) is 18.9. The highest BCUT2D eigenvalue weighted by molar-refractivity contribution is 6.09. The molecular weight excluding hydrogens is 961 g/mol. The minimum Gasteiger partial charge on any atom is -0.457 e. The van der Waals surface area contributed by atoms with Gasteiger partial charge in [-0.25, -0.2) is 4.98 Å². The molecule has 5 heteroatoms. The Morgan fingerprint density at radius 2 is 1.11 bits per heavy atom. The maximum atomic E-state index is 8.85. The number of rotatable bonds is 8. The van der Waals surface area contributed by atoms with Gasteiger partial charge in [0, 0.05) is 63.8 Å². The smallest absolute Gasteiger partial charge is 0.137 e. The first-order chi connectivity index (χ1) is 41.3. The van der Waals surface area contributed by atoms with Crippen LogP contribution in [0.1, 0.15) is 143 Å². The maximum Gasteiger partial charge on any atom is 0.137 e. The van der Waals surface area contributed by atoms with Crippen LogP contribution >= 0.6 is 0 Å². The van der Waals surface area contributed by atoms with Crippen LogP contribution in [-0.4, -0.2) is 16.2 Å². The molecule has 8 aromatic carbocycles. The van der Waals surface area contributed by atoms with Crippen molar-refractivity contribution in [3.05, 3.63) is 216 Å². The van der Waals surface area contributed by atoms with Crippen molar-refractivity contribution < 1.29 is 17.1 Å². The second-order valence-corrected chi connectivity index (χ2v) is 25.4. The third-order valence-electron chi connectivity index (χ3n) is 16.8. The van der Waals surface area contributed by atoms with Crippen molar-refractivity contribution in [2.24, 2.45) is 0 Å². The van der Waals surface area contributed by atoms with E-state index in [0.29, 0.717) is 34.9 Å². The summed E-state index contributed by atoms with van der Waals surface area (Å²) >= 11 is 0. The highest BCUT2D eigenvalue weighted by Gasteiger charge is 2.38. The predicted molar refractivity (Wildman–Crippen MR) is 335 cm³/mol. The molecule has 5 nitrogen and oxygen atoms in total. The van der Waals surface area contributed by atoms with Gasteiger partial charge in [0.05, 0.1) is 28.1 Å². The largest absolute Gasteiger partial charge is 0.457 e. The van der Waals surface area contributed by atoms with Crippen LogP contribution in [0.5, 0.6) is 11.5 Å². The van der Waals surface area contributed by atoms with Crippen LogP contribution in [0.4, 0.5) is 22.7 Å². The molecule has 2 aliphatic rings. The fourth-order valence-corrected chi connectivity index (χ4v) is 12.3. The Balaban J connectivity index is 0.996. The average Bonchev–Trinajstić information content (AvgIpc) is 0.883. The van der Waals surface area contributed by atoms with E-state index in [4.69, 9.17) is 22.1 Å². The first-order valence-corrected chi connectivity index (χ1v) is 27.7. The Hall–Kier alpha value is -7.89. The number of benzene rings is 8. The Kier molecular flexibility index (Phi) is 10.1. The van der Waals surface area contributed by atoms with Crippen molar-refractivity contribution in [2.45, 2.75) is 130 Å². The van der Waals surface area contributed by atoms with Crippen molar-refractivity contribution in [2.75, 3.05) is 16.5 Å². The van der Waals surface area contributed by atoms with Gasteiger partial charge >= 0.3 is 0 Å². The van der Waals surface area contributed by atoms with E-state index in [0.717, 1.165) is 85.5 Å². The molecule has 10 aromatic rings. The summed E-state index contributed by atoms with van der Waals surface area (Å²) in [5.41, 5.74) is 10.6. The zero-order valence-electron chi connectivity index (χ0n) is 56.2. The first kappa shape index (κ1) is 42.1. The molecule has 0 amide bonds. The van der Waals surface area contributed by atoms with E-state index < -0.39 is 31.4 Å². The van der Waals surface area contributed by atoms with Crippen LogP contribution < -0.4 is 14.5 Å². The first-order valence-electron chi connectivity index (χ1n) is 32.2. The Morgan fingerprint density at radius 1 is 0.481 bits per heavy atom. The number of ether oxygens (including phenoxy) is 1. The number of hydrogen-bond donors (Lipinski definition) is 0. The van der Waals surface area contributed by atoms with Gasteiger partial charge in [0.2, 0.25) is 0 Å². The van der Waals surface area contributed by atoms with Gasteiger partial charge in [-0.05, 0) is 133 Å². The number of fused-ring (bicyclic) bond motifs is 5. The molecule has 398 valence electrons. The molecule has 1 aliphatic heterocycles. The molecule has 1 aliphatic carbocycles. The van der Waals surface area contributed by atoms with Crippen LogP contribution in [0.3, 0.4) is 0 Å². The Morgan fingerprint density at radius 3 is 1.84 bits per heavy atom. The van der Waals surface area contributed by atoms with Crippen LogP contribution in [-0.2, 0) is 27.1 Å². The number of nitrogens with zero attached hydrogens (tertiary/aromatic N) is 4. The summed E-state index contributed by atoms with van der Waals surface area (Å²) in [5.74, 6) is 2.10. The van der Waals surface area contributed by atoms with E-state index >= 15 is 0 Å². The van der Waals surface area contributed by atoms with E-state index in [9.17, 15) is 0 Å². The van der Waals surface area contributed by atoms with Gasteiger partial charge in [-0.15, -0.1) is 0 Å². The molecule has 12 rings (SSSR count). The van der Waals surface area contributed by atoms with Crippen molar-refractivity contribution in [3.63, 3.8) is 0 Å². The molecule has 2 aromatic heterocycles. The van der Waals surface area contributed by atoms with Crippen LogP contribution in [0.2, 0.25) is 0 Å². The summed E-state index contributed by atoms with van der Waals surface area (Å²) in [6, 6.07) is 61.5. The molecule has 0 saturated heterocycles. The van der Waals surface area contributed by atoms with Gasteiger partial charge in [0.15, 0.2) is 0 Å².